The third-order valence-electron chi connectivity index (χ3n) is 5.76. The number of fused-ring (bicyclic) bond motifs is 1. The standard InChI is InChI=1S/C23H33N3O2/c1-4-6-9-19(5-2)17-28-23(27)26-14-12-25(13-15-26)22-16-18(3)20-10-7-8-11-21(20)24-22/h7-8,10-11,16,19H,4-6,9,12-15,17H2,1-3H3. The fourth-order valence-corrected chi connectivity index (χ4v) is 3.79. The van der Waals surface area contributed by atoms with Gasteiger partial charge in [0.15, 0.2) is 0 Å². The Bertz CT molecular complexity index is 785. The quantitative estimate of drug-likeness (QED) is 0.673. The largest absolute Gasteiger partial charge is 0.449 e. The summed E-state index contributed by atoms with van der Waals surface area (Å²) in [5.41, 5.74) is 2.26. The van der Waals surface area contributed by atoms with E-state index >= 15 is 0 Å². The number of rotatable bonds is 7. The molecule has 5 heteroatoms. The van der Waals surface area contributed by atoms with Gasteiger partial charge in [0.1, 0.15) is 5.82 Å². The van der Waals surface area contributed by atoms with Gasteiger partial charge in [0, 0.05) is 31.6 Å². The summed E-state index contributed by atoms with van der Waals surface area (Å²) in [4.78, 5) is 21.3. The smallest absolute Gasteiger partial charge is 0.409 e. The number of hydrogen-bond acceptors (Lipinski definition) is 4. The zero-order valence-electron chi connectivity index (χ0n) is 17.5. The van der Waals surface area contributed by atoms with Crippen LogP contribution < -0.4 is 4.90 Å². The van der Waals surface area contributed by atoms with E-state index in [1.807, 2.05) is 17.0 Å². The molecule has 3 rings (SSSR count). The predicted octanol–water partition coefficient (Wildman–Crippen LogP) is 5.02. The number of hydrogen-bond donors (Lipinski definition) is 0. The highest BCUT2D eigenvalue weighted by atomic mass is 16.6. The summed E-state index contributed by atoms with van der Waals surface area (Å²) in [5.74, 6) is 1.48. The van der Waals surface area contributed by atoms with Gasteiger partial charge < -0.3 is 14.5 Å². The number of piperazine rings is 1. The number of para-hydroxylation sites is 1. The van der Waals surface area contributed by atoms with Crippen LogP contribution in [0.25, 0.3) is 10.9 Å². The molecule has 2 heterocycles. The molecule has 0 N–H and O–H groups in total. The van der Waals surface area contributed by atoms with E-state index in [2.05, 4.69) is 43.9 Å². The summed E-state index contributed by atoms with van der Waals surface area (Å²) >= 11 is 0. The van der Waals surface area contributed by atoms with Gasteiger partial charge >= 0.3 is 6.09 Å². The Balaban J connectivity index is 1.53. The summed E-state index contributed by atoms with van der Waals surface area (Å²) in [6.45, 7) is 9.97. The first-order valence-electron chi connectivity index (χ1n) is 10.6. The molecule has 1 amide bonds. The molecule has 1 aliphatic rings. The minimum atomic E-state index is -0.169. The summed E-state index contributed by atoms with van der Waals surface area (Å²) in [6.07, 6.45) is 4.42. The Hall–Kier alpha value is -2.30. The molecule has 152 valence electrons. The number of anilines is 1. The lowest BCUT2D eigenvalue weighted by molar-refractivity contribution is 0.0830. The normalized spacial score (nSPS) is 15.7. The topological polar surface area (TPSA) is 45.7 Å². The van der Waals surface area contributed by atoms with Crippen molar-refractivity contribution in [1.82, 2.24) is 9.88 Å². The minimum Gasteiger partial charge on any atom is -0.449 e. The highest BCUT2D eigenvalue weighted by Gasteiger charge is 2.24. The molecule has 5 nitrogen and oxygen atoms in total. The van der Waals surface area contributed by atoms with E-state index < -0.39 is 0 Å². The molecular weight excluding hydrogens is 350 g/mol. The fraction of sp³-hybridized carbons (Fsp3) is 0.565. The van der Waals surface area contributed by atoms with Crippen molar-refractivity contribution in [3.63, 3.8) is 0 Å². The molecule has 1 fully saturated rings. The molecule has 0 aliphatic carbocycles. The van der Waals surface area contributed by atoms with Gasteiger partial charge in [-0.15, -0.1) is 0 Å². The molecule has 1 aliphatic heterocycles. The van der Waals surface area contributed by atoms with Crippen LogP contribution in [0.3, 0.4) is 0 Å². The Kier molecular flexibility index (Phi) is 7.12. The van der Waals surface area contributed by atoms with Gasteiger partial charge in [-0.05, 0) is 37.0 Å². The second-order valence-corrected chi connectivity index (χ2v) is 7.78. The van der Waals surface area contributed by atoms with Gasteiger partial charge in [0.2, 0.25) is 0 Å². The van der Waals surface area contributed by atoms with Crippen LogP contribution in [0.1, 0.15) is 45.1 Å². The van der Waals surface area contributed by atoms with E-state index in [0.717, 1.165) is 37.3 Å². The number of aryl methyl sites for hydroxylation is 1. The summed E-state index contributed by atoms with van der Waals surface area (Å²) < 4.78 is 5.60. The fourth-order valence-electron chi connectivity index (χ4n) is 3.79. The average molecular weight is 384 g/mol. The van der Waals surface area contributed by atoms with Gasteiger partial charge in [-0.25, -0.2) is 9.78 Å². The van der Waals surface area contributed by atoms with Crippen molar-refractivity contribution < 1.29 is 9.53 Å². The van der Waals surface area contributed by atoms with Crippen molar-refractivity contribution in [3.05, 3.63) is 35.9 Å². The molecular formula is C23H33N3O2. The molecule has 0 bridgehead atoms. The van der Waals surface area contributed by atoms with Crippen LogP contribution in [-0.2, 0) is 4.74 Å². The van der Waals surface area contributed by atoms with Gasteiger partial charge in [-0.2, -0.15) is 0 Å². The number of amides is 1. The zero-order valence-corrected chi connectivity index (χ0v) is 17.5. The highest BCUT2D eigenvalue weighted by molar-refractivity contribution is 5.83. The molecule has 1 aromatic carbocycles. The number of aromatic nitrogens is 1. The van der Waals surface area contributed by atoms with Crippen LogP contribution in [-0.4, -0.2) is 48.8 Å². The van der Waals surface area contributed by atoms with Crippen LogP contribution in [0.5, 0.6) is 0 Å². The number of nitrogens with zero attached hydrogens (tertiary/aromatic N) is 3. The second kappa shape index (κ2) is 9.76. The van der Waals surface area contributed by atoms with E-state index in [1.54, 1.807) is 0 Å². The van der Waals surface area contributed by atoms with E-state index in [9.17, 15) is 4.79 Å². The summed E-state index contributed by atoms with van der Waals surface area (Å²) in [5, 5.41) is 1.20. The molecule has 1 atom stereocenters. The van der Waals surface area contributed by atoms with Gasteiger partial charge in [0.25, 0.3) is 0 Å². The van der Waals surface area contributed by atoms with Crippen LogP contribution in [0.4, 0.5) is 10.6 Å². The van der Waals surface area contributed by atoms with Gasteiger partial charge in [-0.3, -0.25) is 0 Å². The Morgan fingerprint density at radius 2 is 1.93 bits per heavy atom. The Morgan fingerprint density at radius 3 is 2.64 bits per heavy atom. The first-order valence-corrected chi connectivity index (χ1v) is 10.6. The molecule has 0 spiro atoms. The maximum absolute atomic E-state index is 12.4. The molecule has 1 unspecified atom stereocenters. The lowest BCUT2D eigenvalue weighted by Gasteiger charge is -2.35. The molecule has 0 saturated carbocycles. The molecule has 0 radical (unpaired) electrons. The molecule has 28 heavy (non-hydrogen) atoms. The van der Waals surface area contributed by atoms with Crippen LogP contribution in [0.15, 0.2) is 30.3 Å². The first kappa shape index (κ1) is 20.4. The van der Waals surface area contributed by atoms with Crippen LogP contribution in [0.2, 0.25) is 0 Å². The number of pyridine rings is 1. The second-order valence-electron chi connectivity index (χ2n) is 7.78. The van der Waals surface area contributed by atoms with Crippen molar-refractivity contribution in [2.75, 3.05) is 37.7 Å². The number of carbonyl (C=O) groups excluding carboxylic acids is 1. The highest BCUT2D eigenvalue weighted by Crippen LogP contribution is 2.23. The minimum absolute atomic E-state index is 0.169. The van der Waals surface area contributed by atoms with Crippen LogP contribution in [0, 0.1) is 12.8 Å². The van der Waals surface area contributed by atoms with Crippen molar-refractivity contribution in [2.45, 2.75) is 46.5 Å². The lowest BCUT2D eigenvalue weighted by atomic mass is 10.0. The van der Waals surface area contributed by atoms with E-state index in [0.29, 0.717) is 25.6 Å². The monoisotopic (exact) mass is 383 g/mol. The van der Waals surface area contributed by atoms with E-state index in [1.165, 1.54) is 23.8 Å². The number of ether oxygens (including phenoxy) is 1. The van der Waals surface area contributed by atoms with Crippen molar-refractivity contribution in [3.8, 4) is 0 Å². The number of carbonyl (C=O) groups is 1. The zero-order chi connectivity index (χ0) is 19.9. The van der Waals surface area contributed by atoms with Crippen molar-refractivity contribution >= 4 is 22.8 Å². The van der Waals surface area contributed by atoms with Crippen molar-refractivity contribution in [1.29, 1.82) is 0 Å². The maximum Gasteiger partial charge on any atom is 0.409 e. The van der Waals surface area contributed by atoms with Crippen molar-refractivity contribution in [2.24, 2.45) is 5.92 Å². The third-order valence-corrected chi connectivity index (χ3v) is 5.76. The van der Waals surface area contributed by atoms with E-state index in [-0.39, 0.29) is 6.09 Å². The van der Waals surface area contributed by atoms with E-state index in [4.69, 9.17) is 9.72 Å². The molecule has 1 aromatic heterocycles. The third kappa shape index (κ3) is 4.94. The lowest BCUT2D eigenvalue weighted by Crippen LogP contribution is -2.49. The SMILES string of the molecule is CCCCC(CC)COC(=O)N1CCN(c2cc(C)c3ccccc3n2)CC1. The summed E-state index contributed by atoms with van der Waals surface area (Å²) in [7, 11) is 0. The number of unbranched alkanes of at least 4 members (excludes halogenated alkanes) is 1. The predicted molar refractivity (Wildman–Crippen MR) is 115 cm³/mol. The molecule has 1 saturated heterocycles. The van der Waals surface area contributed by atoms with Gasteiger partial charge in [-0.1, -0.05) is 51.3 Å². The molecule has 2 aromatic rings. The summed E-state index contributed by atoms with van der Waals surface area (Å²) in [6, 6.07) is 10.4. The van der Waals surface area contributed by atoms with Crippen LogP contribution >= 0.6 is 0 Å². The maximum atomic E-state index is 12.4. The first-order chi connectivity index (χ1) is 13.6. The number of benzene rings is 1. The van der Waals surface area contributed by atoms with Gasteiger partial charge in [0.05, 0.1) is 12.1 Å². The Morgan fingerprint density at radius 1 is 1.18 bits per heavy atom. The Labute approximate surface area is 168 Å². The average Bonchev–Trinajstić information content (AvgIpc) is 2.74.